The molecule has 0 spiro atoms. The molecule has 1 N–H and O–H groups in total. The Morgan fingerprint density at radius 3 is 2.20 bits per heavy atom. The summed E-state index contributed by atoms with van der Waals surface area (Å²) in [4.78, 5) is 11.4. The summed E-state index contributed by atoms with van der Waals surface area (Å²) in [5.41, 5.74) is 0. The van der Waals surface area contributed by atoms with Crippen molar-refractivity contribution >= 4 is 23.4 Å². The van der Waals surface area contributed by atoms with Crippen LogP contribution in [0.15, 0.2) is 12.7 Å². The Hall–Kier alpha value is -0.900. The Morgan fingerprint density at radius 2 is 1.65 bits per heavy atom. The van der Waals surface area contributed by atoms with Gasteiger partial charge in [0.05, 0.1) is 0 Å². The van der Waals surface area contributed by atoms with Gasteiger partial charge in [0.15, 0.2) is 0 Å². The molecule has 0 rings (SSSR count). The van der Waals surface area contributed by atoms with Crippen molar-refractivity contribution in [1.29, 1.82) is 0 Å². The molecule has 0 saturated heterocycles. The van der Waals surface area contributed by atoms with Crippen molar-refractivity contribution in [2.45, 2.75) is 71.1 Å². The van der Waals surface area contributed by atoms with Crippen molar-refractivity contribution in [2.75, 3.05) is 6.54 Å². The SMILES string of the molecule is C=CCNC(=S)OC(=O)CCCCCCCCCCC. The highest BCUT2D eigenvalue weighted by Crippen LogP contribution is 2.10. The smallest absolute Gasteiger partial charge is 0.313 e. The second-order valence-corrected chi connectivity index (χ2v) is 5.38. The number of carbonyl (C=O) groups excluding carboxylic acids is 1. The van der Waals surface area contributed by atoms with Gasteiger partial charge < -0.3 is 10.1 Å². The standard InChI is InChI=1S/C16H29NO2S/c1-3-5-6-7-8-9-10-11-12-13-15(18)19-16(20)17-14-4-2/h4H,2-3,5-14H2,1H3,(H,17,20). The first-order chi connectivity index (χ1) is 9.70. The van der Waals surface area contributed by atoms with Crippen molar-refractivity contribution in [3.63, 3.8) is 0 Å². The van der Waals surface area contributed by atoms with E-state index in [1.807, 2.05) is 0 Å². The minimum absolute atomic E-state index is 0.144. The van der Waals surface area contributed by atoms with E-state index >= 15 is 0 Å². The van der Waals surface area contributed by atoms with E-state index in [-0.39, 0.29) is 11.1 Å². The first kappa shape index (κ1) is 19.1. The Bertz CT molecular complexity index is 280. The molecule has 20 heavy (non-hydrogen) atoms. The minimum Gasteiger partial charge on any atom is -0.399 e. The van der Waals surface area contributed by atoms with Crippen LogP contribution < -0.4 is 5.32 Å². The fraction of sp³-hybridized carbons (Fsp3) is 0.750. The van der Waals surface area contributed by atoms with Crippen molar-refractivity contribution in [2.24, 2.45) is 0 Å². The van der Waals surface area contributed by atoms with Crippen LogP contribution in [0.4, 0.5) is 0 Å². The molecule has 4 heteroatoms. The van der Waals surface area contributed by atoms with Crippen LogP contribution in [-0.2, 0) is 9.53 Å². The molecule has 0 saturated carbocycles. The molecule has 0 fully saturated rings. The number of hydrogen-bond donors (Lipinski definition) is 1. The van der Waals surface area contributed by atoms with Crippen LogP contribution in [0.25, 0.3) is 0 Å². The highest BCUT2D eigenvalue weighted by atomic mass is 32.1. The number of carbonyl (C=O) groups is 1. The van der Waals surface area contributed by atoms with Gasteiger partial charge >= 0.3 is 5.97 Å². The van der Waals surface area contributed by atoms with Crippen LogP contribution in [0.2, 0.25) is 0 Å². The number of hydrogen-bond acceptors (Lipinski definition) is 3. The summed E-state index contributed by atoms with van der Waals surface area (Å²) < 4.78 is 4.96. The molecule has 0 aliphatic heterocycles. The first-order valence-electron chi connectivity index (χ1n) is 7.80. The van der Waals surface area contributed by atoms with Crippen molar-refractivity contribution < 1.29 is 9.53 Å². The quantitative estimate of drug-likeness (QED) is 0.249. The lowest BCUT2D eigenvalue weighted by atomic mass is 10.1. The molecule has 3 nitrogen and oxygen atoms in total. The Kier molecular flexibility index (Phi) is 13.9. The number of nitrogens with one attached hydrogen (secondary N) is 1. The second-order valence-electron chi connectivity index (χ2n) is 5.01. The van der Waals surface area contributed by atoms with Gasteiger partial charge in [-0.2, -0.15) is 0 Å². The third kappa shape index (κ3) is 13.5. The maximum absolute atomic E-state index is 11.4. The van der Waals surface area contributed by atoms with E-state index < -0.39 is 0 Å². The summed E-state index contributed by atoms with van der Waals surface area (Å²) in [6.45, 7) is 6.30. The predicted molar refractivity (Wildman–Crippen MR) is 88.7 cm³/mol. The van der Waals surface area contributed by atoms with Gasteiger partial charge in [-0.3, -0.25) is 4.79 Å². The van der Waals surface area contributed by atoms with E-state index in [2.05, 4.69) is 18.8 Å². The molecule has 0 amide bonds. The van der Waals surface area contributed by atoms with Gasteiger partial charge in [-0.1, -0.05) is 64.4 Å². The van der Waals surface area contributed by atoms with E-state index in [4.69, 9.17) is 17.0 Å². The molecule has 0 aliphatic rings. The predicted octanol–water partition coefficient (Wildman–Crippen LogP) is 4.51. The Labute approximate surface area is 129 Å². The van der Waals surface area contributed by atoms with Crippen LogP contribution in [0.5, 0.6) is 0 Å². The molecule has 0 aromatic carbocycles. The normalized spacial score (nSPS) is 10.1. The van der Waals surface area contributed by atoms with Crippen LogP contribution >= 0.6 is 12.2 Å². The topological polar surface area (TPSA) is 38.3 Å². The van der Waals surface area contributed by atoms with Crippen molar-refractivity contribution in [1.82, 2.24) is 5.32 Å². The lowest BCUT2D eigenvalue weighted by Crippen LogP contribution is -2.26. The first-order valence-corrected chi connectivity index (χ1v) is 8.21. The largest absolute Gasteiger partial charge is 0.399 e. The zero-order valence-electron chi connectivity index (χ0n) is 12.8. The van der Waals surface area contributed by atoms with Crippen LogP contribution in [0.3, 0.4) is 0 Å². The average Bonchev–Trinajstić information content (AvgIpc) is 2.43. The molecule has 0 aliphatic carbocycles. The second kappa shape index (κ2) is 14.5. The molecule has 0 aromatic heterocycles. The summed E-state index contributed by atoms with van der Waals surface area (Å²) in [7, 11) is 0. The highest BCUT2D eigenvalue weighted by Gasteiger charge is 2.05. The molecule has 0 bridgehead atoms. The zero-order chi connectivity index (χ0) is 15.1. The van der Waals surface area contributed by atoms with Gasteiger partial charge in [0.2, 0.25) is 0 Å². The summed E-state index contributed by atoms with van der Waals surface area (Å²) in [5.74, 6) is -0.241. The van der Waals surface area contributed by atoms with Crippen LogP contribution in [0.1, 0.15) is 71.1 Å². The number of ether oxygens (including phenoxy) is 1. The number of thiocarbonyl (C=S) groups is 1. The van der Waals surface area contributed by atoms with E-state index in [9.17, 15) is 4.79 Å². The van der Waals surface area contributed by atoms with E-state index in [0.717, 1.165) is 12.8 Å². The zero-order valence-corrected chi connectivity index (χ0v) is 13.6. The van der Waals surface area contributed by atoms with Crippen LogP contribution in [-0.4, -0.2) is 17.7 Å². The number of esters is 1. The van der Waals surface area contributed by atoms with Crippen LogP contribution in [0, 0.1) is 0 Å². The van der Waals surface area contributed by atoms with Gasteiger partial charge in [0.25, 0.3) is 5.17 Å². The average molecular weight is 299 g/mol. The Morgan fingerprint density at radius 1 is 1.10 bits per heavy atom. The molecular weight excluding hydrogens is 270 g/mol. The lowest BCUT2D eigenvalue weighted by Gasteiger charge is -2.06. The van der Waals surface area contributed by atoms with Gasteiger partial charge in [-0.05, 0) is 18.6 Å². The van der Waals surface area contributed by atoms with E-state index in [1.165, 1.54) is 44.9 Å². The third-order valence-corrected chi connectivity index (χ3v) is 3.31. The fourth-order valence-electron chi connectivity index (χ4n) is 1.93. The molecule has 0 unspecified atom stereocenters. The molecular formula is C16H29NO2S. The summed E-state index contributed by atoms with van der Waals surface area (Å²) in [6.07, 6.45) is 13.3. The summed E-state index contributed by atoms with van der Waals surface area (Å²) in [6, 6.07) is 0. The summed E-state index contributed by atoms with van der Waals surface area (Å²) >= 11 is 4.86. The fourth-order valence-corrected chi connectivity index (χ4v) is 2.10. The van der Waals surface area contributed by atoms with Gasteiger partial charge in [-0.15, -0.1) is 6.58 Å². The molecule has 0 atom stereocenters. The van der Waals surface area contributed by atoms with Gasteiger partial charge in [-0.25, -0.2) is 0 Å². The van der Waals surface area contributed by atoms with Crippen molar-refractivity contribution in [3.05, 3.63) is 12.7 Å². The minimum atomic E-state index is -0.241. The number of rotatable bonds is 12. The number of unbranched alkanes of at least 4 members (excludes halogenated alkanes) is 8. The maximum atomic E-state index is 11.4. The maximum Gasteiger partial charge on any atom is 0.313 e. The van der Waals surface area contributed by atoms with Crippen molar-refractivity contribution in [3.8, 4) is 0 Å². The van der Waals surface area contributed by atoms with Gasteiger partial charge in [0, 0.05) is 13.0 Å². The molecule has 0 heterocycles. The lowest BCUT2D eigenvalue weighted by molar-refractivity contribution is -0.135. The van der Waals surface area contributed by atoms with E-state index in [0.29, 0.717) is 13.0 Å². The molecule has 0 radical (unpaired) electrons. The molecule has 0 aromatic rings. The summed E-state index contributed by atoms with van der Waals surface area (Å²) in [5, 5.41) is 2.91. The Balaban J connectivity index is 3.31. The third-order valence-electron chi connectivity index (χ3n) is 3.08. The van der Waals surface area contributed by atoms with Gasteiger partial charge in [0.1, 0.15) is 0 Å². The molecule has 116 valence electrons. The monoisotopic (exact) mass is 299 g/mol. The highest BCUT2D eigenvalue weighted by molar-refractivity contribution is 7.80. The van der Waals surface area contributed by atoms with E-state index in [1.54, 1.807) is 6.08 Å².